The van der Waals surface area contributed by atoms with E-state index in [0.29, 0.717) is 16.4 Å². The third kappa shape index (κ3) is 4.97. The van der Waals surface area contributed by atoms with Gasteiger partial charge in [0.15, 0.2) is 10.9 Å². The normalized spacial score (nSPS) is 11.7. The highest BCUT2D eigenvalue weighted by Crippen LogP contribution is 2.31. The minimum atomic E-state index is -0.720. The summed E-state index contributed by atoms with van der Waals surface area (Å²) in [5.41, 5.74) is 0.0871. The molecule has 1 aromatic carbocycles. The van der Waals surface area contributed by atoms with Crippen LogP contribution in [0.2, 0.25) is 0 Å². The van der Waals surface area contributed by atoms with Gasteiger partial charge in [0.25, 0.3) is 5.91 Å². The number of hydrogen-bond donors (Lipinski definition) is 0. The molecular weight excluding hydrogens is 388 g/mol. The molecule has 3 rings (SSSR count). The molecule has 0 radical (unpaired) electrons. The monoisotopic (exact) mass is 407 g/mol. The van der Waals surface area contributed by atoms with E-state index in [0.717, 1.165) is 35.2 Å². The van der Waals surface area contributed by atoms with E-state index in [1.807, 2.05) is 36.5 Å². The van der Waals surface area contributed by atoms with E-state index in [4.69, 9.17) is 0 Å². The molecule has 0 bridgehead atoms. The maximum Gasteiger partial charge on any atom is 0.252 e. The minimum Gasteiger partial charge on any atom is -0.309 e. The van der Waals surface area contributed by atoms with Crippen LogP contribution >= 0.6 is 22.7 Å². The number of hydrogen-bond acceptors (Lipinski definition) is 5. The summed E-state index contributed by atoms with van der Waals surface area (Å²) in [5.74, 6) is -1.61. The molecule has 0 N–H and O–H groups in total. The molecule has 0 aliphatic carbocycles. The van der Waals surface area contributed by atoms with Crippen LogP contribution in [0.4, 0.5) is 13.9 Å². The Hall–Kier alpha value is -2.16. The van der Waals surface area contributed by atoms with Crippen molar-refractivity contribution < 1.29 is 13.6 Å². The number of carbonyl (C=O) groups excluding carboxylic acids is 1. The summed E-state index contributed by atoms with van der Waals surface area (Å²) in [5, 5.41) is 2.30. The molecule has 4 nitrogen and oxygen atoms in total. The van der Waals surface area contributed by atoms with Crippen LogP contribution < -0.4 is 4.90 Å². The van der Waals surface area contributed by atoms with Crippen LogP contribution in [0.15, 0.2) is 35.7 Å². The first-order valence-electron chi connectivity index (χ1n) is 8.37. The van der Waals surface area contributed by atoms with Crippen molar-refractivity contribution >= 4 is 50.0 Å². The second-order valence-corrected chi connectivity index (χ2v) is 8.21. The molecule has 0 saturated carbocycles. The van der Waals surface area contributed by atoms with Crippen molar-refractivity contribution in [3.05, 3.63) is 52.2 Å². The Balaban J connectivity index is 1.88. The maximum atomic E-state index is 14.0. The topological polar surface area (TPSA) is 36.4 Å². The van der Waals surface area contributed by atoms with Crippen molar-refractivity contribution in [2.24, 2.45) is 0 Å². The summed E-state index contributed by atoms with van der Waals surface area (Å²) >= 11 is 2.65. The molecule has 8 heteroatoms. The first-order valence-corrected chi connectivity index (χ1v) is 10.1. The first-order chi connectivity index (χ1) is 12.9. The van der Waals surface area contributed by atoms with E-state index in [1.54, 1.807) is 6.08 Å². The lowest BCUT2D eigenvalue weighted by molar-refractivity contribution is -0.114. The Morgan fingerprint density at radius 1 is 1.26 bits per heavy atom. The smallest absolute Gasteiger partial charge is 0.252 e. The molecule has 142 valence electrons. The van der Waals surface area contributed by atoms with Crippen molar-refractivity contribution in [3.63, 3.8) is 0 Å². The molecule has 0 unspecified atom stereocenters. The molecule has 0 aliphatic rings. The SMILES string of the molecule is CN(C)CCCN(C(=O)/C=C/c1cccs1)c1nc2c(F)cc(F)cc2s1. The number of benzene rings is 1. The lowest BCUT2D eigenvalue weighted by Gasteiger charge is -2.19. The highest BCUT2D eigenvalue weighted by molar-refractivity contribution is 7.22. The van der Waals surface area contributed by atoms with Gasteiger partial charge in [0, 0.05) is 23.6 Å². The molecule has 3 aromatic rings. The Morgan fingerprint density at radius 3 is 2.78 bits per heavy atom. The zero-order chi connectivity index (χ0) is 19.4. The van der Waals surface area contributed by atoms with Gasteiger partial charge >= 0.3 is 0 Å². The summed E-state index contributed by atoms with van der Waals surface area (Å²) in [6.45, 7) is 1.24. The van der Waals surface area contributed by atoms with Crippen molar-refractivity contribution in [2.75, 3.05) is 32.1 Å². The fraction of sp³-hybridized carbons (Fsp3) is 0.263. The maximum absolute atomic E-state index is 14.0. The molecule has 0 saturated heterocycles. The molecular formula is C19H19F2N3OS2. The van der Waals surface area contributed by atoms with Crippen LogP contribution in [-0.2, 0) is 4.79 Å². The predicted molar refractivity (Wildman–Crippen MR) is 108 cm³/mol. The molecule has 0 fully saturated rings. The second kappa shape index (κ2) is 8.69. The summed E-state index contributed by atoms with van der Waals surface area (Å²) < 4.78 is 27.9. The Morgan fingerprint density at radius 2 is 2.07 bits per heavy atom. The van der Waals surface area contributed by atoms with Gasteiger partial charge in [-0.1, -0.05) is 17.4 Å². The number of thiazole rings is 1. The molecule has 0 spiro atoms. The van der Waals surface area contributed by atoms with Gasteiger partial charge in [0.1, 0.15) is 11.3 Å². The van der Waals surface area contributed by atoms with Gasteiger partial charge in [-0.2, -0.15) is 0 Å². The first kappa shape index (κ1) is 19.6. The van der Waals surface area contributed by atoms with Crippen LogP contribution in [0.5, 0.6) is 0 Å². The van der Waals surface area contributed by atoms with E-state index in [9.17, 15) is 13.6 Å². The van der Waals surface area contributed by atoms with Crippen molar-refractivity contribution in [1.82, 2.24) is 9.88 Å². The number of fused-ring (bicyclic) bond motifs is 1. The number of thiophene rings is 1. The Labute approximate surface area is 164 Å². The average molecular weight is 408 g/mol. The van der Waals surface area contributed by atoms with Gasteiger partial charge in [-0.15, -0.1) is 11.3 Å². The van der Waals surface area contributed by atoms with Gasteiger partial charge in [-0.05, 0) is 50.6 Å². The van der Waals surface area contributed by atoms with E-state index in [-0.39, 0.29) is 11.4 Å². The summed E-state index contributed by atoms with van der Waals surface area (Å²) in [6, 6.07) is 5.87. The summed E-state index contributed by atoms with van der Waals surface area (Å²) in [6.07, 6.45) is 3.97. The molecule has 2 heterocycles. The van der Waals surface area contributed by atoms with Crippen LogP contribution in [0.3, 0.4) is 0 Å². The minimum absolute atomic E-state index is 0.0871. The molecule has 0 aliphatic heterocycles. The van der Waals surface area contributed by atoms with E-state index in [1.165, 1.54) is 28.4 Å². The number of rotatable bonds is 7. The fourth-order valence-corrected chi connectivity index (χ4v) is 4.19. The third-order valence-electron chi connectivity index (χ3n) is 3.82. The highest BCUT2D eigenvalue weighted by atomic mass is 32.1. The lowest BCUT2D eigenvalue weighted by Crippen LogP contribution is -2.32. The van der Waals surface area contributed by atoms with Gasteiger partial charge < -0.3 is 4.90 Å². The van der Waals surface area contributed by atoms with Crippen LogP contribution in [0, 0.1) is 11.6 Å². The third-order valence-corrected chi connectivity index (χ3v) is 5.68. The number of aromatic nitrogens is 1. The fourth-order valence-electron chi connectivity index (χ4n) is 2.54. The number of halogens is 2. The van der Waals surface area contributed by atoms with E-state index < -0.39 is 11.6 Å². The van der Waals surface area contributed by atoms with Crippen molar-refractivity contribution in [1.29, 1.82) is 0 Å². The molecule has 1 amide bonds. The molecule has 27 heavy (non-hydrogen) atoms. The molecule has 0 atom stereocenters. The molecule has 2 aromatic heterocycles. The zero-order valence-corrected chi connectivity index (χ0v) is 16.6. The number of anilines is 1. The summed E-state index contributed by atoms with van der Waals surface area (Å²) in [4.78, 5) is 21.5. The number of carbonyl (C=O) groups is 1. The Kier molecular flexibility index (Phi) is 6.30. The van der Waals surface area contributed by atoms with Crippen LogP contribution in [0.25, 0.3) is 16.3 Å². The van der Waals surface area contributed by atoms with Crippen LogP contribution in [-0.4, -0.2) is 43.0 Å². The number of amides is 1. The quantitative estimate of drug-likeness (QED) is 0.536. The highest BCUT2D eigenvalue weighted by Gasteiger charge is 2.19. The van der Waals surface area contributed by atoms with Crippen LogP contribution in [0.1, 0.15) is 11.3 Å². The van der Waals surface area contributed by atoms with Gasteiger partial charge in [-0.3, -0.25) is 9.69 Å². The van der Waals surface area contributed by atoms with Gasteiger partial charge in [0.05, 0.1) is 4.70 Å². The Bertz CT molecular complexity index is 951. The standard InChI is InChI=1S/C19H19F2N3OS2/c1-23(2)8-4-9-24(17(25)7-6-14-5-3-10-26-14)19-22-18-15(21)11-13(20)12-16(18)27-19/h3,5-7,10-12H,4,8-9H2,1-2H3/b7-6+. The number of nitrogens with zero attached hydrogens (tertiary/aromatic N) is 3. The summed E-state index contributed by atoms with van der Waals surface area (Å²) in [7, 11) is 3.91. The van der Waals surface area contributed by atoms with Gasteiger partial charge in [-0.25, -0.2) is 13.8 Å². The van der Waals surface area contributed by atoms with E-state index >= 15 is 0 Å². The lowest BCUT2D eigenvalue weighted by atomic mass is 10.3. The van der Waals surface area contributed by atoms with Crippen molar-refractivity contribution in [3.8, 4) is 0 Å². The van der Waals surface area contributed by atoms with Crippen molar-refractivity contribution in [2.45, 2.75) is 6.42 Å². The second-order valence-electron chi connectivity index (χ2n) is 6.23. The average Bonchev–Trinajstić information content (AvgIpc) is 3.25. The largest absolute Gasteiger partial charge is 0.309 e. The zero-order valence-electron chi connectivity index (χ0n) is 15.0. The van der Waals surface area contributed by atoms with Gasteiger partial charge in [0.2, 0.25) is 0 Å². The predicted octanol–water partition coefficient (Wildman–Crippen LogP) is 4.63. The van der Waals surface area contributed by atoms with E-state index in [2.05, 4.69) is 4.98 Å².